The van der Waals surface area contributed by atoms with Gasteiger partial charge in [-0.2, -0.15) is 0 Å². The Morgan fingerprint density at radius 1 is 1.17 bits per heavy atom. The molecule has 1 heterocycles. The summed E-state index contributed by atoms with van der Waals surface area (Å²) in [5.41, 5.74) is 0.221. The summed E-state index contributed by atoms with van der Waals surface area (Å²) in [4.78, 5) is 33.1. The lowest BCUT2D eigenvalue weighted by Crippen LogP contribution is -2.24. The Labute approximate surface area is 67.9 Å². The zero-order valence-corrected chi connectivity index (χ0v) is 6.09. The van der Waals surface area contributed by atoms with Gasteiger partial charge in [-0.05, 0) is 0 Å². The normalized spacial score (nSPS) is 21.5. The summed E-state index contributed by atoms with van der Waals surface area (Å²) in [5, 5.41) is 2.07. The van der Waals surface area contributed by atoms with Crippen LogP contribution in [0.25, 0.3) is 0 Å². The number of allylic oxidation sites excluding steroid dienone is 1. The van der Waals surface area contributed by atoms with Crippen LogP contribution in [0, 0.1) is 0 Å². The maximum Gasteiger partial charge on any atom is 0.262 e. The second kappa shape index (κ2) is 2.14. The average Bonchev–Trinajstić information content (AvgIpc) is 2.29. The van der Waals surface area contributed by atoms with Crippen LogP contribution in [0.2, 0.25) is 0 Å². The van der Waals surface area contributed by atoms with Crippen molar-refractivity contribution in [1.29, 1.82) is 0 Å². The average molecular weight is 163 g/mol. The van der Waals surface area contributed by atoms with Crippen LogP contribution in [-0.4, -0.2) is 17.6 Å². The SMILES string of the molecule is O=C1CC=CC2=C1C(=O)NC2=O. The van der Waals surface area contributed by atoms with Gasteiger partial charge in [0.1, 0.15) is 0 Å². The van der Waals surface area contributed by atoms with Crippen LogP contribution in [0.5, 0.6) is 0 Å². The molecule has 0 saturated heterocycles. The zero-order chi connectivity index (χ0) is 8.72. The molecule has 1 aliphatic carbocycles. The van der Waals surface area contributed by atoms with E-state index < -0.39 is 11.8 Å². The molecule has 2 aliphatic rings. The molecule has 0 fully saturated rings. The van der Waals surface area contributed by atoms with E-state index in [4.69, 9.17) is 0 Å². The minimum Gasteiger partial charge on any atom is -0.294 e. The summed E-state index contributed by atoms with van der Waals surface area (Å²) < 4.78 is 0. The first kappa shape index (κ1) is 6.97. The lowest BCUT2D eigenvalue weighted by Gasteiger charge is -2.01. The van der Waals surface area contributed by atoms with Crippen molar-refractivity contribution in [2.45, 2.75) is 6.42 Å². The van der Waals surface area contributed by atoms with Crippen LogP contribution in [0.4, 0.5) is 0 Å². The molecule has 0 bridgehead atoms. The van der Waals surface area contributed by atoms with Crippen molar-refractivity contribution in [2.75, 3.05) is 0 Å². The molecule has 4 heteroatoms. The van der Waals surface area contributed by atoms with Crippen LogP contribution >= 0.6 is 0 Å². The van der Waals surface area contributed by atoms with E-state index in [2.05, 4.69) is 5.32 Å². The Hall–Kier alpha value is -1.71. The summed E-state index contributed by atoms with van der Waals surface area (Å²) in [6.45, 7) is 0. The van der Waals surface area contributed by atoms with Gasteiger partial charge >= 0.3 is 0 Å². The third-order valence-electron chi connectivity index (χ3n) is 1.83. The summed E-state index contributed by atoms with van der Waals surface area (Å²) in [6.07, 6.45) is 3.30. The molecule has 4 nitrogen and oxygen atoms in total. The summed E-state index contributed by atoms with van der Waals surface area (Å²) in [6, 6.07) is 0. The molecule has 2 amide bonds. The van der Waals surface area contributed by atoms with Gasteiger partial charge in [0.05, 0.1) is 11.1 Å². The van der Waals surface area contributed by atoms with E-state index in [1.54, 1.807) is 6.08 Å². The Balaban J connectivity index is 2.59. The minimum atomic E-state index is -0.565. The predicted octanol–water partition coefficient (Wildman–Crippen LogP) is -0.532. The highest BCUT2D eigenvalue weighted by atomic mass is 16.2. The number of imide groups is 1. The molecule has 0 atom stereocenters. The van der Waals surface area contributed by atoms with Crippen molar-refractivity contribution in [1.82, 2.24) is 5.32 Å². The Bertz CT molecular complexity index is 352. The van der Waals surface area contributed by atoms with E-state index in [-0.39, 0.29) is 23.4 Å². The summed E-state index contributed by atoms with van der Waals surface area (Å²) >= 11 is 0. The maximum atomic E-state index is 11.1. The van der Waals surface area contributed by atoms with Crippen molar-refractivity contribution in [3.05, 3.63) is 23.3 Å². The van der Waals surface area contributed by atoms with Crippen LogP contribution in [0.15, 0.2) is 23.3 Å². The molecule has 0 saturated carbocycles. The molecule has 60 valence electrons. The number of nitrogens with one attached hydrogen (secondary N) is 1. The molecule has 2 rings (SSSR count). The molecular weight excluding hydrogens is 158 g/mol. The van der Waals surface area contributed by atoms with Crippen molar-refractivity contribution >= 4 is 17.6 Å². The van der Waals surface area contributed by atoms with E-state index in [1.807, 2.05) is 0 Å². The molecule has 0 aromatic carbocycles. The molecule has 0 radical (unpaired) electrons. The molecule has 0 spiro atoms. The van der Waals surface area contributed by atoms with Crippen molar-refractivity contribution in [2.24, 2.45) is 0 Å². The van der Waals surface area contributed by atoms with Crippen molar-refractivity contribution < 1.29 is 14.4 Å². The monoisotopic (exact) mass is 163 g/mol. The molecule has 0 aromatic heterocycles. The van der Waals surface area contributed by atoms with Crippen molar-refractivity contribution in [3.8, 4) is 0 Å². The Kier molecular flexibility index (Phi) is 1.24. The highest BCUT2D eigenvalue weighted by Crippen LogP contribution is 2.20. The highest BCUT2D eigenvalue weighted by Gasteiger charge is 2.34. The molecule has 0 aromatic rings. The fraction of sp³-hybridized carbons (Fsp3) is 0.125. The number of ketones is 1. The molecule has 12 heavy (non-hydrogen) atoms. The molecular formula is C8H5NO3. The van der Waals surface area contributed by atoms with Crippen LogP contribution in [-0.2, 0) is 14.4 Å². The standard InChI is InChI=1S/C8H5NO3/c10-5-3-1-2-4-6(5)8(12)9-7(4)11/h1-2H,3H2,(H,9,11,12). The highest BCUT2D eigenvalue weighted by molar-refractivity contribution is 6.33. The van der Waals surface area contributed by atoms with Gasteiger partial charge in [0.2, 0.25) is 0 Å². The number of carbonyl (C=O) groups is 3. The first-order valence-corrected chi connectivity index (χ1v) is 3.50. The molecule has 1 N–H and O–H groups in total. The van der Waals surface area contributed by atoms with E-state index in [0.717, 1.165) is 0 Å². The second-order valence-electron chi connectivity index (χ2n) is 2.60. The van der Waals surface area contributed by atoms with Crippen LogP contribution in [0.1, 0.15) is 6.42 Å². The molecule has 1 aliphatic heterocycles. The minimum absolute atomic E-state index is 0.0162. The second-order valence-corrected chi connectivity index (χ2v) is 2.60. The lowest BCUT2D eigenvalue weighted by molar-refractivity contribution is -0.124. The third-order valence-corrected chi connectivity index (χ3v) is 1.83. The van der Waals surface area contributed by atoms with E-state index in [9.17, 15) is 14.4 Å². The smallest absolute Gasteiger partial charge is 0.262 e. The van der Waals surface area contributed by atoms with Gasteiger partial charge in [-0.25, -0.2) is 0 Å². The van der Waals surface area contributed by atoms with Gasteiger partial charge in [-0.15, -0.1) is 0 Å². The summed E-state index contributed by atoms with van der Waals surface area (Å²) in [5.74, 6) is -1.32. The van der Waals surface area contributed by atoms with E-state index in [1.165, 1.54) is 6.08 Å². The van der Waals surface area contributed by atoms with Gasteiger partial charge in [-0.1, -0.05) is 12.2 Å². The first-order valence-electron chi connectivity index (χ1n) is 3.50. The Morgan fingerprint density at radius 3 is 2.58 bits per heavy atom. The number of carbonyl (C=O) groups excluding carboxylic acids is 3. The van der Waals surface area contributed by atoms with Crippen molar-refractivity contribution in [3.63, 3.8) is 0 Å². The zero-order valence-electron chi connectivity index (χ0n) is 6.09. The number of rotatable bonds is 0. The topological polar surface area (TPSA) is 63.2 Å². The van der Waals surface area contributed by atoms with Crippen LogP contribution in [0.3, 0.4) is 0 Å². The van der Waals surface area contributed by atoms with E-state index >= 15 is 0 Å². The van der Waals surface area contributed by atoms with Gasteiger partial charge in [0.25, 0.3) is 11.8 Å². The maximum absolute atomic E-state index is 11.1. The van der Waals surface area contributed by atoms with Gasteiger partial charge in [-0.3, -0.25) is 19.7 Å². The molecule has 0 unspecified atom stereocenters. The summed E-state index contributed by atoms with van der Waals surface area (Å²) in [7, 11) is 0. The third kappa shape index (κ3) is 0.747. The Morgan fingerprint density at radius 2 is 1.92 bits per heavy atom. The van der Waals surface area contributed by atoms with Gasteiger partial charge < -0.3 is 0 Å². The fourth-order valence-electron chi connectivity index (χ4n) is 1.29. The number of hydrogen-bond acceptors (Lipinski definition) is 3. The van der Waals surface area contributed by atoms with Crippen LogP contribution < -0.4 is 5.32 Å². The fourth-order valence-corrected chi connectivity index (χ4v) is 1.29. The number of Topliss-reactive ketones (excluding diaryl/α,β-unsaturated/α-hetero) is 1. The lowest BCUT2D eigenvalue weighted by atomic mass is 9.98. The van der Waals surface area contributed by atoms with E-state index in [0.29, 0.717) is 0 Å². The number of amides is 2. The quantitative estimate of drug-likeness (QED) is 0.385. The number of hydrogen-bond donors (Lipinski definition) is 1. The van der Waals surface area contributed by atoms with Gasteiger partial charge in [0.15, 0.2) is 5.78 Å². The first-order chi connectivity index (χ1) is 5.70. The van der Waals surface area contributed by atoms with Gasteiger partial charge in [0, 0.05) is 6.42 Å². The predicted molar refractivity (Wildman–Crippen MR) is 38.9 cm³/mol. The largest absolute Gasteiger partial charge is 0.294 e.